The third-order valence-corrected chi connectivity index (χ3v) is 5.81. The molecule has 0 amide bonds. The number of hydrogen-bond acceptors (Lipinski definition) is 4. The number of halogens is 1. The average molecular weight is 418 g/mol. The molecule has 4 nitrogen and oxygen atoms in total. The van der Waals surface area contributed by atoms with E-state index in [0.717, 1.165) is 45.0 Å². The van der Waals surface area contributed by atoms with E-state index in [0.29, 0.717) is 24.4 Å². The average Bonchev–Trinajstić information content (AvgIpc) is 2.76. The van der Waals surface area contributed by atoms with Gasteiger partial charge in [0.2, 0.25) is 0 Å². The first-order valence-corrected chi connectivity index (χ1v) is 10.2. The van der Waals surface area contributed by atoms with E-state index >= 15 is 0 Å². The molecule has 1 aliphatic rings. The zero-order valence-electron chi connectivity index (χ0n) is 16.5. The largest absolute Gasteiger partial charge is 0.478 e. The predicted octanol–water partition coefficient (Wildman–Crippen LogP) is 5.77. The summed E-state index contributed by atoms with van der Waals surface area (Å²) in [5.41, 5.74) is 4.74. The van der Waals surface area contributed by atoms with Gasteiger partial charge in [-0.05, 0) is 47.9 Å². The van der Waals surface area contributed by atoms with Crippen LogP contribution < -0.4 is 10.4 Å². The Kier molecular flexibility index (Phi) is 4.81. The molecule has 0 unspecified atom stereocenters. The standard InChI is InChI=1S/C25H20ClNO3/c1-16-20-11-12-22-21(14-27(15-29-22)13-17-7-9-19(26)10-8-17)24(20)30-25(28)23(16)18-5-3-2-4-6-18/h2-12H,13-15H2,1H3. The lowest BCUT2D eigenvalue weighted by Gasteiger charge is -2.29. The summed E-state index contributed by atoms with van der Waals surface area (Å²) < 4.78 is 11.8. The van der Waals surface area contributed by atoms with Crippen molar-refractivity contribution >= 4 is 22.6 Å². The summed E-state index contributed by atoms with van der Waals surface area (Å²) in [7, 11) is 0. The third-order valence-electron chi connectivity index (χ3n) is 5.56. The van der Waals surface area contributed by atoms with E-state index in [2.05, 4.69) is 4.90 Å². The van der Waals surface area contributed by atoms with Crippen LogP contribution in [0.1, 0.15) is 16.7 Å². The zero-order valence-corrected chi connectivity index (χ0v) is 17.3. The molecule has 150 valence electrons. The van der Waals surface area contributed by atoms with Crippen LogP contribution in [0, 0.1) is 6.92 Å². The van der Waals surface area contributed by atoms with Gasteiger partial charge in [-0.3, -0.25) is 4.90 Å². The van der Waals surface area contributed by atoms with Crippen molar-refractivity contribution in [1.29, 1.82) is 0 Å². The molecular formula is C25H20ClNO3. The van der Waals surface area contributed by atoms with Crippen molar-refractivity contribution in [2.75, 3.05) is 6.73 Å². The number of rotatable bonds is 3. The highest BCUT2D eigenvalue weighted by molar-refractivity contribution is 6.30. The number of fused-ring (bicyclic) bond motifs is 3. The summed E-state index contributed by atoms with van der Waals surface area (Å²) in [4.78, 5) is 15.1. The quantitative estimate of drug-likeness (QED) is 0.396. The van der Waals surface area contributed by atoms with Crippen molar-refractivity contribution in [2.45, 2.75) is 20.0 Å². The molecule has 0 saturated carbocycles. The molecule has 0 N–H and O–H groups in total. The first-order valence-electron chi connectivity index (χ1n) is 9.84. The first-order chi connectivity index (χ1) is 14.6. The Hall–Kier alpha value is -3.08. The fraction of sp³-hybridized carbons (Fsp3) is 0.160. The maximum atomic E-state index is 12.9. The van der Waals surface area contributed by atoms with E-state index in [-0.39, 0.29) is 5.63 Å². The minimum Gasteiger partial charge on any atom is -0.478 e. The van der Waals surface area contributed by atoms with Crippen molar-refractivity contribution in [2.24, 2.45) is 0 Å². The van der Waals surface area contributed by atoms with Crippen molar-refractivity contribution in [3.05, 3.63) is 98.9 Å². The van der Waals surface area contributed by atoms with Crippen molar-refractivity contribution < 1.29 is 9.15 Å². The highest BCUT2D eigenvalue weighted by Gasteiger charge is 2.23. The number of ether oxygens (including phenoxy) is 1. The normalized spacial score (nSPS) is 13.8. The molecule has 1 aromatic heterocycles. The maximum Gasteiger partial charge on any atom is 0.344 e. The minimum atomic E-state index is -0.325. The molecule has 0 atom stereocenters. The fourth-order valence-electron chi connectivity index (χ4n) is 4.06. The van der Waals surface area contributed by atoms with E-state index in [9.17, 15) is 4.79 Å². The second-order valence-electron chi connectivity index (χ2n) is 7.56. The molecule has 3 aromatic carbocycles. The van der Waals surface area contributed by atoms with E-state index in [1.54, 1.807) is 0 Å². The Bertz CT molecular complexity index is 1280. The summed E-state index contributed by atoms with van der Waals surface area (Å²) in [6.07, 6.45) is 0. The number of aryl methyl sites for hydroxylation is 1. The molecule has 0 spiro atoms. The Morgan fingerprint density at radius 3 is 2.53 bits per heavy atom. The van der Waals surface area contributed by atoms with Gasteiger partial charge in [0.1, 0.15) is 18.1 Å². The first kappa shape index (κ1) is 18.9. The van der Waals surface area contributed by atoms with Gasteiger partial charge in [0.15, 0.2) is 0 Å². The maximum absolute atomic E-state index is 12.9. The molecule has 30 heavy (non-hydrogen) atoms. The Morgan fingerprint density at radius 1 is 1.00 bits per heavy atom. The number of nitrogens with zero attached hydrogens (tertiary/aromatic N) is 1. The van der Waals surface area contributed by atoms with Crippen LogP contribution in [0.2, 0.25) is 5.02 Å². The van der Waals surface area contributed by atoms with Crippen LogP contribution in [0.4, 0.5) is 0 Å². The van der Waals surface area contributed by atoms with Crippen LogP contribution in [0.3, 0.4) is 0 Å². The van der Waals surface area contributed by atoms with Crippen molar-refractivity contribution in [3.8, 4) is 16.9 Å². The van der Waals surface area contributed by atoms with Crippen molar-refractivity contribution in [3.63, 3.8) is 0 Å². The van der Waals surface area contributed by atoms with E-state index in [1.165, 1.54) is 0 Å². The number of hydrogen-bond donors (Lipinski definition) is 0. The molecule has 0 saturated heterocycles. The Labute approximate surface area is 179 Å². The van der Waals surface area contributed by atoms with Gasteiger partial charge in [-0.25, -0.2) is 4.79 Å². The highest BCUT2D eigenvalue weighted by Crippen LogP contribution is 2.35. The van der Waals surface area contributed by atoms with Crippen LogP contribution in [-0.2, 0) is 13.1 Å². The summed E-state index contributed by atoms with van der Waals surface area (Å²) in [6.45, 7) is 3.82. The molecule has 0 fully saturated rings. The van der Waals surface area contributed by atoms with Crippen LogP contribution in [0.25, 0.3) is 22.1 Å². The van der Waals surface area contributed by atoms with Crippen molar-refractivity contribution in [1.82, 2.24) is 4.90 Å². The lowest BCUT2D eigenvalue weighted by atomic mass is 9.97. The molecule has 4 aromatic rings. The molecule has 5 rings (SSSR count). The molecule has 2 heterocycles. The SMILES string of the molecule is Cc1c(-c2ccccc2)c(=O)oc2c3c(ccc12)OCN(Cc1ccc(Cl)cc1)C3. The van der Waals surface area contributed by atoms with Crippen LogP contribution >= 0.6 is 11.6 Å². The second kappa shape index (κ2) is 7.63. The fourth-order valence-corrected chi connectivity index (χ4v) is 4.18. The van der Waals surface area contributed by atoms with Crippen LogP contribution in [0.15, 0.2) is 75.9 Å². The van der Waals surface area contributed by atoms with Gasteiger partial charge in [0.25, 0.3) is 0 Å². The summed E-state index contributed by atoms with van der Waals surface area (Å²) in [6, 6.07) is 21.4. The van der Waals surface area contributed by atoms with Gasteiger partial charge in [-0.2, -0.15) is 0 Å². The lowest BCUT2D eigenvalue weighted by molar-refractivity contribution is 0.0890. The Morgan fingerprint density at radius 2 is 1.77 bits per heavy atom. The third kappa shape index (κ3) is 3.38. The second-order valence-corrected chi connectivity index (χ2v) is 8.00. The van der Waals surface area contributed by atoms with Gasteiger partial charge in [0, 0.05) is 23.5 Å². The molecular weight excluding hydrogens is 398 g/mol. The molecule has 1 aliphatic heterocycles. The number of benzene rings is 3. The minimum absolute atomic E-state index is 0.325. The molecule has 5 heteroatoms. The smallest absolute Gasteiger partial charge is 0.344 e. The molecule has 0 aliphatic carbocycles. The summed E-state index contributed by atoms with van der Waals surface area (Å²) in [5, 5.41) is 1.65. The van der Waals surface area contributed by atoms with Gasteiger partial charge >= 0.3 is 5.63 Å². The van der Waals surface area contributed by atoms with E-state index in [4.69, 9.17) is 20.8 Å². The molecule has 0 radical (unpaired) electrons. The zero-order chi connectivity index (χ0) is 20.7. The molecule has 0 bridgehead atoms. The van der Waals surface area contributed by atoms with Gasteiger partial charge in [-0.1, -0.05) is 54.1 Å². The van der Waals surface area contributed by atoms with Crippen LogP contribution in [0.5, 0.6) is 5.75 Å². The summed E-state index contributed by atoms with van der Waals surface area (Å²) >= 11 is 5.99. The summed E-state index contributed by atoms with van der Waals surface area (Å²) in [5.74, 6) is 0.768. The Balaban J connectivity index is 1.55. The van der Waals surface area contributed by atoms with Gasteiger partial charge in [-0.15, -0.1) is 0 Å². The highest BCUT2D eigenvalue weighted by atomic mass is 35.5. The van der Waals surface area contributed by atoms with E-state index < -0.39 is 0 Å². The predicted molar refractivity (Wildman–Crippen MR) is 119 cm³/mol. The van der Waals surface area contributed by atoms with Gasteiger partial charge in [0.05, 0.1) is 11.1 Å². The lowest BCUT2D eigenvalue weighted by Crippen LogP contribution is -2.31. The topological polar surface area (TPSA) is 42.7 Å². The van der Waals surface area contributed by atoms with Gasteiger partial charge < -0.3 is 9.15 Å². The van der Waals surface area contributed by atoms with E-state index in [1.807, 2.05) is 73.7 Å². The van der Waals surface area contributed by atoms with Crippen LogP contribution in [-0.4, -0.2) is 11.6 Å². The monoisotopic (exact) mass is 417 g/mol.